The highest BCUT2D eigenvalue weighted by Gasteiger charge is 2.35. The van der Waals surface area contributed by atoms with Crippen molar-refractivity contribution in [3.63, 3.8) is 0 Å². The third-order valence-corrected chi connectivity index (χ3v) is 3.91. The predicted molar refractivity (Wildman–Crippen MR) is 91.0 cm³/mol. The molecule has 0 aliphatic heterocycles. The first kappa shape index (κ1) is 21.1. The number of aromatic carboxylic acids is 2. The van der Waals surface area contributed by atoms with Crippen molar-refractivity contribution >= 4 is 23.9 Å². The molecule has 0 bridgehead atoms. The molecule has 8 heteroatoms. The van der Waals surface area contributed by atoms with Gasteiger partial charge in [0.2, 0.25) is 0 Å². The van der Waals surface area contributed by atoms with Crippen molar-refractivity contribution in [3.05, 3.63) is 33.4 Å². The summed E-state index contributed by atoms with van der Waals surface area (Å²) in [6.45, 7) is 3.48. The van der Waals surface area contributed by atoms with Gasteiger partial charge in [-0.25, -0.2) is 19.2 Å². The van der Waals surface area contributed by atoms with E-state index < -0.39 is 35.0 Å². The molecule has 0 saturated heterocycles. The maximum Gasteiger partial charge on any atom is 0.339 e. The van der Waals surface area contributed by atoms with E-state index in [1.807, 2.05) is 0 Å². The molecule has 0 fully saturated rings. The number of rotatable bonds is 8. The summed E-state index contributed by atoms with van der Waals surface area (Å²) in [5.74, 6) is -4.79. The Morgan fingerprint density at radius 3 is 1.19 bits per heavy atom. The molecule has 0 amide bonds. The number of carbonyl (C=O) groups is 4. The molecular formula is C18H22O8. The van der Waals surface area contributed by atoms with Gasteiger partial charge in [0.1, 0.15) is 0 Å². The van der Waals surface area contributed by atoms with E-state index in [9.17, 15) is 29.4 Å². The first-order chi connectivity index (χ1) is 12.3. The molecule has 1 aromatic carbocycles. The van der Waals surface area contributed by atoms with E-state index in [4.69, 9.17) is 9.47 Å². The van der Waals surface area contributed by atoms with Gasteiger partial charge in [-0.3, -0.25) is 0 Å². The van der Waals surface area contributed by atoms with Gasteiger partial charge in [-0.05, 0) is 24.0 Å². The monoisotopic (exact) mass is 366 g/mol. The lowest BCUT2D eigenvalue weighted by Crippen LogP contribution is -2.25. The molecule has 142 valence electrons. The number of hydrogen-bond donors (Lipinski definition) is 2. The van der Waals surface area contributed by atoms with Crippen molar-refractivity contribution in [3.8, 4) is 0 Å². The van der Waals surface area contributed by atoms with Crippen molar-refractivity contribution in [2.24, 2.45) is 0 Å². The number of hydrogen-bond acceptors (Lipinski definition) is 6. The van der Waals surface area contributed by atoms with Gasteiger partial charge < -0.3 is 19.7 Å². The minimum Gasteiger partial charge on any atom is -0.478 e. The second kappa shape index (κ2) is 8.98. The summed E-state index contributed by atoms with van der Waals surface area (Å²) in [7, 11) is 2.20. The van der Waals surface area contributed by atoms with Gasteiger partial charge in [0.15, 0.2) is 0 Å². The van der Waals surface area contributed by atoms with Gasteiger partial charge in [-0.15, -0.1) is 0 Å². The van der Waals surface area contributed by atoms with Crippen LogP contribution in [0.5, 0.6) is 0 Å². The third-order valence-electron chi connectivity index (χ3n) is 3.91. The van der Waals surface area contributed by atoms with Crippen molar-refractivity contribution in [2.75, 3.05) is 14.2 Å². The van der Waals surface area contributed by atoms with Crippen LogP contribution in [0.2, 0.25) is 0 Å². The first-order valence-electron chi connectivity index (χ1n) is 8.11. The normalized spacial score (nSPS) is 10.3. The summed E-state index contributed by atoms with van der Waals surface area (Å²) >= 11 is 0. The summed E-state index contributed by atoms with van der Waals surface area (Å²) in [4.78, 5) is 48.5. The molecular weight excluding hydrogens is 344 g/mol. The number of ether oxygens (including phenoxy) is 2. The van der Waals surface area contributed by atoms with Crippen LogP contribution < -0.4 is 0 Å². The molecule has 1 aromatic rings. The molecule has 8 nitrogen and oxygen atoms in total. The smallest absolute Gasteiger partial charge is 0.339 e. The molecule has 0 heterocycles. The second-order valence-electron chi connectivity index (χ2n) is 5.55. The number of carboxylic acid groups (broad SMARTS) is 2. The van der Waals surface area contributed by atoms with E-state index in [1.165, 1.54) is 0 Å². The van der Waals surface area contributed by atoms with E-state index in [0.717, 1.165) is 14.2 Å². The lowest BCUT2D eigenvalue weighted by Gasteiger charge is -2.21. The highest BCUT2D eigenvalue weighted by atomic mass is 16.5. The molecule has 0 unspecified atom stereocenters. The quantitative estimate of drug-likeness (QED) is 0.672. The Morgan fingerprint density at radius 2 is 1.00 bits per heavy atom. The summed E-state index contributed by atoms with van der Waals surface area (Å²) in [6, 6.07) is 0. The maximum absolute atomic E-state index is 12.4. The Labute approximate surface area is 150 Å². The zero-order valence-corrected chi connectivity index (χ0v) is 15.2. The lowest BCUT2D eigenvalue weighted by molar-refractivity contribution is 0.0550. The predicted octanol–water partition coefficient (Wildman–Crippen LogP) is 2.56. The number of benzene rings is 1. The minimum absolute atomic E-state index is 0.0375. The Hall–Kier alpha value is -2.90. The average molecular weight is 366 g/mol. The second-order valence-corrected chi connectivity index (χ2v) is 5.55. The van der Waals surface area contributed by atoms with Crippen LogP contribution in [0.1, 0.15) is 79.2 Å². The first-order valence-corrected chi connectivity index (χ1v) is 8.11. The van der Waals surface area contributed by atoms with Crippen LogP contribution in [0.3, 0.4) is 0 Å². The highest BCUT2D eigenvalue weighted by Crippen LogP contribution is 2.32. The van der Waals surface area contributed by atoms with Crippen LogP contribution in [0.25, 0.3) is 0 Å². The van der Waals surface area contributed by atoms with Crippen LogP contribution in [-0.2, 0) is 22.3 Å². The summed E-state index contributed by atoms with van der Waals surface area (Å²) in [6.07, 6.45) is 1.03. The van der Waals surface area contributed by atoms with E-state index in [-0.39, 0.29) is 35.1 Å². The third kappa shape index (κ3) is 3.84. The zero-order valence-electron chi connectivity index (χ0n) is 15.2. The molecule has 0 atom stereocenters. The molecule has 0 aliphatic carbocycles. The van der Waals surface area contributed by atoms with E-state index in [2.05, 4.69) is 0 Å². The average Bonchev–Trinajstić information content (AvgIpc) is 2.60. The Kier molecular flexibility index (Phi) is 7.30. The van der Waals surface area contributed by atoms with Gasteiger partial charge in [-0.1, -0.05) is 26.7 Å². The number of carbonyl (C=O) groups excluding carboxylic acids is 2. The topological polar surface area (TPSA) is 127 Å². The van der Waals surface area contributed by atoms with Crippen molar-refractivity contribution in [1.29, 1.82) is 0 Å². The fourth-order valence-electron chi connectivity index (χ4n) is 2.98. The van der Waals surface area contributed by atoms with Crippen molar-refractivity contribution < 1.29 is 38.9 Å². The molecule has 2 N–H and O–H groups in total. The van der Waals surface area contributed by atoms with Gasteiger partial charge in [0.05, 0.1) is 36.5 Å². The summed E-state index contributed by atoms with van der Waals surface area (Å²) < 4.78 is 9.48. The standard InChI is InChI=1S/C18H22O8/c1-5-7-9-11(15(19)20)12(16(21)22)10(8-6-2)14(18(24)26-4)13(9)17(23)25-3/h5-8H2,1-4H3,(H,19,20)(H,21,22). The number of esters is 2. The highest BCUT2D eigenvalue weighted by molar-refractivity contribution is 6.13. The van der Waals surface area contributed by atoms with Gasteiger partial charge in [-0.2, -0.15) is 0 Å². The molecule has 0 saturated carbocycles. The van der Waals surface area contributed by atoms with Gasteiger partial charge in [0.25, 0.3) is 0 Å². The van der Waals surface area contributed by atoms with Crippen LogP contribution >= 0.6 is 0 Å². The number of carboxylic acids is 2. The van der Waals surface area contributed by atoms with Crippen LogP contribution in [-0.4, -0.2) is 48.3 Å². The molecule has 0 radical (unpaired) electrons. The number of methoxy groups -OCH3 is 2. The van der Waals surface area contributed by atoms with Crippen molar-refractivity contribution in [1.82, 2.24) is 0 Å². The minimum atomic E-state index is -1.48. The lowest BCUT2D eigenvalue weighted by atomic mass is 9.83. The summed E-state index contributed by atoms with van der Waals surface area (Å²) in [5.41, 5.74) is -1.54. The van der Waals surface area contributed by atoms with Gasteiger partial charge >= 0.3 is 23.9 Å². The molecule has 1 rings (SSSR count). The maximum atomic E-state index is 12.4. The van der Waals surface area contributed by atoms with E-state index in [1.54, 1.807) is 13.8 Å². The largest absolute Gasteiger partial charge is 0.478 e. The van der Waals surface area contributed by atoms with E-state index >= 15 is 0 Å². The fourth-order valence-corrected chi connectivity index (χ4v) is 2.98. The zero-order chi connectivity index (χ0) is 20.0. The van der Waals surface area contributed by atoms with Crippen LogP contribution in [0.15, 0.2) is 0 Å². The van der Waals surface area contributed by atoms with Gasteiger partial charge in [0, 0.05) is 0 Å². The Bertz CT molecular complexity index is 685. The fraction of sp³-hybridized carbons (Fsp3) is 0.444. The SMILES string of the molecule is CCCc1c(C(=O)O)c(C(=O)O)c(CCC)c(C(=O)OC)c1C(=O)OC. The Balaban J connectivity index is 4.26. The van der Waals surface area contributed by atoms with Crippen molar-refractivity contribution in [2.45, 2.75) is 39.5 Å². The molecule has 26 heavy (non-hydrogen) atoms. The molecule has 0 aromatic heterocycles. The molecule has 0 spiro atoms. The molecule has 0 aliphatic rings. The summed E-state index contributed by atoms with van der Waals surface area (Å²) in [5, 5.41) is 19.3. The Morgan fingerprint density at radius 1 is 0.692 bits per heavy atom. The van der Waals surface area contributed by atoms with E-state index in [0.29, 0.717) is 12.8 Å². The van der Waals surface area contributed by atoms with Crippen LogP contribution in [0.4, 0.5) is 0 Å². The van der Waals surface area contributed by atoms with Crippen LogP contribution in [0, 0.1) is 0 Å².